The first-order valence-electron chi connectivity index (χ1n) is 10.6. The first-order chi connectivity index (χ1) is 14.0. The molecule has 0 spiro atoms. The molecule has 2 aliphatic rings. The maximum Gasteiger partial charge on any atom is 0.262 e. The van der Waals surface area contributed by atoms with Gasteiger partial charge in [0.25, 0.3) is 5.56 Å². The number of rotatable bonds is 4. The molecular weight excluding hydrogens is 406 g/mol. The van der Waals surface area contributed by atoms with Gasteiger partial charge in [0.05, 0.1) is 16.7 Å². The summed E-state index contributed by atoms with van der Waals surface area (Å²) < 4.78 is 1.69. The zero-order chi connectivity index (χ0) is 20.5. The van der Waals surface area contributed by atoms with E-state index < -0.39 is 0 Å². The Hall–Kier alpha value is -1.53. The van der Waals surface area contributed by atoms with Gasteiger partial charge in [-0.15, -0.1) is 0 Å². The van der Waals surface area contributed by atoms with Gasteiger partial charge in [0.1, 0.15) is 0 Å². The smallest absolute Gasteiger partial charge is 0.262 e. The number of carbonyl (C=O) groups is 1. The Labute approximate surface area is 180 Å². The van der Waals surface area contributed by atoms with E-state index in [9.17, 15) is 9.59 Å². The lowest BCUT2D eigenvalue weighted by molar-refractivity contribution is -0.134. The van der Waals surface area contributed by atoms with E-state index >= 15 is 0 Å². The van der Waals surface area contributed by atoms with Gasteiger partial charge in [-0.05, 0) is 63.6 Å². The van der Waals surface area contributed by atoms with Gasteiger partial charge in [-0.1, -0.05) is 36.2 Å². The quantitative estimate of drug-likeness (QED) is 0.508. The van der Waals surface area contributed by atoms with Crippen molar-refractivity contribution >= 4 is 40.2 Å². The van der Waals surface area contributed by atoms with E-state index in [-0.39, 0.29) is 17.5 Å². The third kappa shape index (κ3) is 4.19. The van der Waals surface area contributed by atoms with E-state index in [0.717, 1.165) is 19.4 Å². The molecule has 5 nitrogen and oxygen atoms in total. The molecule has 156 valence electrons. The van der Waals surface area contributed by atoms with E-state index in [1.54, 1.807) is 22.8 Å². The second-order valence-electron chi connectivity index (χ2n) is 8.45. The summed E-state index contributed by atoms with van der Waals surface area (Å²) in [5.41, 5.74) is 0.501. The maximum atomic E-state index is 13.1. The van der Waals surface area contributed by atoms with Crippen LogP contribution < -0.4 is 5.56 Å². The molecule has 29 heavy (non-hydrogen) atoms. The highest BCUT2D eigenvalue weighted by Gasteiger charge is 2.35. The monoisotopic (exact) mass is 433 g/mol. The highest BCUT2D eigenvalue weighted by molar-refractivity contribution is 7.99. The molecule has 0 N–H and O–H groups in total. The molecule has 2 heterocycles. The number of thioether (sulfide) groups is 1. The van der Waals surface area contributed by atoms with Crippen molar-refractivity contribution in [2.24, 2.45) is 5.92 Å². The van der Waals surface area contributed by atoms with Crippen LogP contribution in [0.1, 0.15) is 58.4 Å². The third-order valence-corrected chi connectivity index (χ3v) is 7.41. The van der Waals surface area contributed by atoms with Gasteiger partial charge in [-0.25, -0.2) is 4.98 Å². The molecule has 2 fully saturated rings. The summed E-state index contributed by atoms with van der Waals surface area (Å²) >= 11 is 7.47. The summed E-state index contributed by atoms with van der Waals surface area (Å²) in [6.45, 7) is 4.79. The van der Waals surface area contributed by atoms with Crippen LogP contribution in [0.25, 0.3) is 10.9 Å². The summed E-state index contributed by atoms with van der Waals surface area (Å²) in [4.78, 5) is 32.9. The fourth-order valence-electron chi connectivity index (χ4n) is 4.85. The minimum absolute atomic E-state index is 0.0367. The Morgan fingerprint density at radius 1 is 1.24 bits per heavy atom. The molecule has 0 bridgehead atoms. The molecule has 1 aromatic carbocycles. The lowest BCUT2D eigenvalue weighted by Crippen LogP contribution is -2.50. The SMILES string of the molecule is CC(C)n1c(SCC(=O)N2CCCC3CCCCC32)nc2cc(Cl)ccc2c1=O. The molecule has 1 amide bonds. The maximum absolute atomic E-state index is 13.1. The van der Waals surface area contributed by atoms with Crippen LogP contribution in [-0.2, 0) is 4.79 Å². The van der Waals surface area contributed by atoms with Crippen LogP contribution in [0.4, 0.5) is 0 Å². The summed E-state index contributed by atoms with van der Waals surface area (Å²) in [6, 6.07) is 5.52. The largest absolute Gasteiger partial charge is 0.339 e. The molecule has 1 saturated carbocycles. The van der Waals surface area contributed by atoms with Crippen molar-refractivity contribution in [3.63, 3.8) is 0 Å². The fraction of sp³-hybridized carbons (Fsp3) is 0.591. The van der Waals surface area contributed by atoms with Crippen molar-refractivity contribution in [1.29, 1.82) is 0 Å². The minimum Gasteiger partial charge on any atom is -0.339 e. The molecule has 0 radical (unpaired) electrons. The van der Waals surface area contributed by atoms with E-state index in [1.165, 1.54) is 37.4 Å². The van der Waals surface area contributed by atoms with Crippen molar-refractivity contribution in [3.8, 4) is 0 Å². The third-order valence-electron chi connectivity index (χ3n) is 6.24. The number of carbonyl (C=O) groups excluding carboxylic acids is 1. The number of fused-ring (bicyclic) bond motifs is 2. The highest BCUT2D eigenvalue weighted by Crippen LogP contribution is 2.35. The predicted octanol–water partition coefficient (Wildman–Crippen LogP) is 4.90. The highest BCUT2D eigenvalue weighted by atomic mass is 35.5. The summed E-state index contributed by atoms with van der Waals surface area (Å²) in [5, 5.41) is 1.69. The van der Waals surface area contributed by atoms with Crippen LogP contribution in [0.3, 0.4) is 0 Å². The molecular formula is C22H28ClN3O2S. The number of amides is 1. The van der Waals surface area contributed by atoms with Gasteiger partial charge in [0, 0.05) is 23.7 Å². The molecule has 2 unspecified atom stereocenters. The van der Waals surface area contributed by atoms with Crippen LogP contribution in [0.5, 0.6) is 0 Å². The minimum atomic E-state index is -0.0815. The first-order valence-corrected chi connectivity index (χ1v) is 12.0. The van der Waals surface area contributed by atoms with Crippen molar-refractivity contribution in [1.82, 2.24) is 14.5 Å². The van der Waals surface area contributed by atoms with E-state index in [2.05, 4.69) is 9.88 Å². The molecule has 1 saturated heterocycles. The Kier molecular flexibility index (Phi) is 6.21. The Bertz CT molecular complexity index is 972. The lowest BCUT2D eigenvalue weighted by atomic mass is 9.78. The second-order valence-corrected chi connectivity index (χ2v) is 9.83. The molecule has 4 rings (SSSR count). The lowest BCUT2D eigenvalue weighted by Gasteiger charge is -2.44. The normalized spacial score (nSPS) is 22.1. The summed E-state index contributed by atoms with van der Waals surface area (Å²) in [6.07, 6.45) is 7.24. The fourth-order valence-corrected chi connectivity index (χ4v) is 6.03. The van der Waals surface area contributed by atoms with E-state index in [1.807, 2.05) is 13.8 Å². The van der Waals surface area contributed by atoms with Gasteiger partial charge in [-0.3, -0.25) is 14.2 Å². The zero-order valence-corrected chi connectivity index (χ0v) is 18.6. The number of hydrogen-bond donors (Lipinski definition) is 0. The van der Waals surface area contributed by atoms with Gasteiger partial charge in [0.15, 0.2) is 5.16 Å². The van der Waals surface area contributed by atoms with Crippen LogP contribution in [0, 0.1) is 5.92 Å². The van der Waals surface area contributed by atoms with Gasteiger partial charge in [-0.2, -0.15) is 0 Å². The van der Waals surface area contributed by atoms with Gasteiger partial charge < -0.3 is 4.90 Å². The second kappa shape index (κ2) is 8.68. The first kappa shape index (κ1) is 20.7. The zero-order valence-electron chi connectivity index (χ0n) is 17.1. The molecule has 2 aromatic rings. The molecule has 1 aliphatic heterocycles. The van der Waals surface area contributed by atoms with Crippen molar-refractivity contribution < 1.29 is 4.79 Å². The number of likely N-dealkylation sites (tertiary alicyclic amines) is 1. The molecule has 1 aromatic heterocycles. The van der Waals surface area contributed by atoms with Crippen molar-refractivity contribution in [2.45, 2.75) is 69.6 Å². The Balaban J connectivity index is 1.58. The molecule has 2 atom stereocenters. The summed E-state index contributed by atoms with van der Waals surface area (Å²) in [7, 11) is 0. The van der Waals surface area contributed by atoms with Gasteiger partial charge in [0.2, 0.25) is 5.91 Å². The van der Waals surface area contributed by atoms with Crippen LogP contribution in [0.15, 0.2) is 28.2 Å². The topological polar surface area (TPSA) is 55.2 Å². The number of halogens is 1. The van der Waals surface area contributed by atoms with Crippen molar-refractivity contribution in [3.05, 3.63) is 33.6 Å². The number of hydrogen-bond acceptors (Lipinski definition) is 4. The van der Waals surface area contributed by atoms with Crippen LogP contribution in [0.2, 0.25) is 5.02 Å². The Morgan fingerprint density at radius 3 is 2.79 bits per heavy atom. The van der Waals surface area contributed by atoms with Crippen molar-refractivity contribution in [2.75, 3.05) is 12.3 Å². The number of nitrogens with zero attached hydrogens (tertiary/aromatic N) is 3. The molecule has 1 aliphatic carbocycles. The molecule has 7 heteroatoms. The average Bonchev–Trinajstić information content (AvgIpc) is 2.71. The number of piperidine rings is 1. The van der Waals surface area contributed by atoms with Crippen LogP contribution in [-0.4, -0.2) is 38.7 Å². The average molecular weight is 434 g/mol. The predicted molar refractivity (Wildman–Crippen MR) is 119 cm³/mol. The Morgan fingerprint density at radius 2 is 2.00 bits per heavy atom. The standard InChI is InChI=1S/C22H28ClN3O2S/c1-14(2)26-21(28)17-10-9-16(23)12-18(17)24-22(26)29-13-20(27)25-11-5-7-15-6-3-4-8-19(15)25/h9-10,12,14-15,19H,3-8,11,13H2,1-2H3. The number of aromatic nitrogens is 2. The van der Waals surface area contributed by atoms with Crippen LogP contribution >= 0.6 is 23.4 Å². The van der Waals surface area contributed by atoms with E-state index in [4.69, 9.17) is 11.6 Å². The number of benzene rings is 1. The van der Waals surface area contributed by atoms with Gasteiger partial charge >= 0.3 is 0 Å². The summed E-state index contributed by atoms with van der Waals surface area (Å²) in [5.74, 6) is 1.15. The van der Waals surface area contributed by atoms with E-state index in [0.29, 0.717) is 38.8 Å².